The Balaban J connectivity index is 2.63. The number of amides is 1. The highest BCUT2D eigenvalue weighted by atomic mass is 32.2. The van der Waals surface area contributed by atoms with Crippen molar-refractivity contribution in [1.29, 1.82) is 5.26 Å². The number of carbonyl (C=O) groups is 1. The van der Waals surface area contributed by atoms with Crippen LogP contribution in [0.15, 0.2) is 29.2 Å². The van der Waals surface area contributed by atoms with Crippen LogP contribution in [0.4, 0.5) is 5.69 Å². The number of nitrogens with one attached hydrogen (secondary N) is 1. The number of carbonyl (C=O) groups excluding carboxylic acids is 1. The van der Waals surface area contributed by atoms with Gasteiger partial charge in [0, 0.05) is 5.69 Å². The van der Waals surface area contributed by atoms with Crippen molar-refractivity contribution < 1.29 is 9.00 Å². The molecule has 16 heavy (non-hydrogen) atoms. The predicted molar refractivity (Wildman–Crippen MR) is 60.8 cm³/mol. The number of nitrogen functional groups attached to an aromatic ring is 1. The topological polar surface area (TPSA) is 96.0 Å². The molecule has 0 saturated heterocycles. The SMILES string of the molecule is N#CCNC(=O)CS(=O)c1ccccc1N. The zero-order valence-corrected chi connectivity index (χ0v) is 9.29. The summed E-state index contributed by atoms with van der Waals surface area (Å²) in [4.78, 5) is 11.6. The molecular weight excluding hydrogens is 226 g/mol. The normalized spacial score (nSPS) is 11.4. The van der Waals surface area contributed by atoms with Crippen molar-refractivity contribution >= 4 is 22.4 Å². The first-order valence-corrected chi connectivity index (χ1v) is 5.83. The predicted octanol–water partition coefficient (Wildman–Crippen LogP) is 0.0162. The lowest BCUT2D eigenvalue weighted by Gasteiger charge is -2.04. The smallest absolute Gasteiger partial charge is 0.233 e. The van der Waals surface area contributed by atoms with E-state index >= 15 is 0 Å². The number of hydrogen-bond donors (Lipinski definition) is 2. The van der Waals surface area contributed by atoms with Crippen molar-refractivity contribution in [2.75, 3.05) is 18.0 Å². The minimum Gasteiger partial charge on any atom is -0.398 e. The highest BCUT2D eigenvalue weighted by Gasteiger charge is 2.11. The third kappa shape index (κ3) is 3.37. The lowest BCUT2D eigenvalue weighted by atomic mass is 10.3. The van der Waals surface area contributed by atoms with Crippen LogP contribution < -0.4 is 11.1 Å². The van der Waals surface area contributed by atoms with E-state index in [-0.39, 0.29) is 12.3 Å². The fourth-order valence-electron chi connectivity index (χ4n) is 1.07. The highest BCUT2D eigenvalue weighted by molar-refractivity contribution is 7.86. The second kappa shape index (κ2) is 5.88. The van der Waals surface area contributed by atoms with E-state index in [1.54, 1.807) is 30.3 Å². The van der Waals surface area contributed by atoms with Crippen LogP contribution in [0.1, 0.15) is 0 Å². The van der Waals surface area contributed by atoms with E-state index in [4.69, 9.17) is 11.0 Å². The number of hydrogen-bond acceptors (Lipinski definition) is 4. The van der Waals surface area contributed by atoms with Gasteiger partial charge in [0.15, 0.2) is 0 Å². The Morgan fingerprint density at radius 3 is 2.81 bits per heavy atom. The Kier molecular flexibility index (Phi) is 4.48. The van der Waals surface area contributed by atoms with Gasteiger partial charge in [0.2, 0.25) is 5.91 Å². The Hall–Kier alpha value is -1.87. The van der Waals surface area contributed by atoms with E-state index < -0.39 is 16.7 Å². The number of nitrogens with zero attached hydrogens (tertiary/aromatic N) is 1. The van der Waals surface area contributed by atoms with Crippen LogP contribution in [0.2, 0.25) is 0 Å². The molecule has 0 saturated carbocycles. The molecular formula is C10H11N3O2S. The molecule has 1 aromatic carbocycles. The average Bonchev–Trinajstić information content (AvgIpc) is 2.26. The number of rotatable bonds is 4. The Labute approximate surface area is 95.7 Å². The van der Waals surface area contributed by atoms with Crippen molar-refractivity contribution in [1.82, 2.24) is 5.32 Å². The van der Waals surface area contributed by atoms with Crippen LogP contribution in [-0.2, 0) is 15.6 Å². The fourth-order valence-corrected chi connectivity index (χ4v) is 2.13. The molecule has 1 aromatic rings. The summed E-state index contributed by atoms with van der Waals surface area (Å²) in [5, 5.41) is 10.6. The molecule has 1 unspecified atom stereocenters. The highest BCUT2D eigenvalue weighted by Crippen LogP contribution is 2.15. The third-order valence-corrected chi connectivity index (χ3v) is 3.18. The molecule has 0 aliphatic heterocycles. The molecule has 5 nitrogen and oxygen atoms in total. The summed E-state index contributed by atoms with van der Waals surface area (Å²) in [5.41, 5.74) is 6.02. The Morgan fingerprint density at radius 2 is 2.19 bits per heavy atom. The van der Waals surface area contributed by atoms with Gasteiger partial charge in [-0.2, -0.15) is 5.26 Å². The summed E-state index contributed by atoms with van der Waals surface area (Å²) in [5.74, 6) is -0.612. The zero-order valence-electron chi connectivity index (χ0n) is 8.47. The summed E-state index contributed by atoms with van der Waals surface area (Å²) >= 11 is 0. The molecule has 3 N–H and O–H groups in total. The molecule has 0 heterocycles. The van der Waals surface area contributed by atoms with E-state index in [0.717, 1.165) is 0 Å². The first-order valence-electron chi connectivity index (χ1n) is 4.51. The molecule has 1 rings (SSSR count). The van der Waals surface area contributed by atoms with Gasteiger partial charge in [-0.15, -0.1) is 0 Å². The van der Waals surface area contributed by atoms with Gasteiger partial charge in [-0.3, -0.25) is 9.00 Å². The lowest BCUT2D eigenvalue weighted by Crippen LogP contribution is -2.28. The van der Waals surface area contributed by atoms with Crippen LogP contribution >= 0.6 is 0 Å². The van der Waals surface area contributed by atoms with Gasteiger partial charge in [0.25, 0.3) is 0 Å². The van der Waals surface area contributed by atoms with E-state index in [1.165, 1.54) is 0 Å². The van der Waals surface area contributed by atoms with Gasteiger partial charge in [-0.05, 0) is 12.1 Å². The maximum absolute atomic E-state index is 11.7. The van der Waals surface area contributed by atoms with Crippen molar-refractivity contribution in [2.45, 2.75) is 4.90 Å². The molecule has 0 aromatic heterocycles. The van der Waals surface area contributed by atoms with Gasteiger partial charge in [-0.25, -0.2) is 0 Å². The molecule has 84 valence electrons. The molecule has 1 amide bonds. The Bertz CT molecular complexity index is 454. The van der Waals surface area contributed by atoms with Crippen LogP contribution in [0, 0.1) is 11.3 Å². The molecule has 0 fully saturated rings. The van der Waals surface area contributed by atoms with Crippen LogP contribution in [-0.4, -0.2) is 22.4 Å². The molecule has 0 aliphatic rings. The molecule has 0 spiro atoms. The second-order valence-corrected chi connectivity index (χ2v) is 4.38. The molecule has 0 aliphatic carbocycles. The van der Waals surface area contributed by atoms with Gasteiger partial charge >= 0.3 is 0 Å². The zero-order chi connectivity index (χ0) is 12.0. The van der Waals surface area contributed by atoms with E-state index in [1.807, 2.05) is 0 Å². The third-order valence-electron chi connectivity index (χ3n) is 1.79. The number of nitrogens with two attached hydrogens (primary N) is 1. The number of nitriles is 1. The van der Waals surface area contributed by atoms with Crippen LogP contribution in [0.25, 0.3) is 0 Å². The largest absolute Gasteiger partial charge is 0.398 e. The van der Waals surface area contributed by atoms with Gasteiger partial charge in [0.05, 0.1) is 21.8 Å². The maximum atomic E-state index is 11.7. The average molecular weight is 237 g/mol. The lowest BCUT2D eigenvalue weighted by molar-refractivity contribution is -0.118. The van der Waals surface area contributed by atoms with Crippen molar-refractivity contribution in [2.24, 2.45) is 0 Å². The molecule has 6 heteroatoms. The standard InChI is InChI=1S/C10H11N3O2S/c11-5-6-13-10(14)7-16(15)9-4-2-1-3-8(9)12/h1-4H,6-7,12H2,(H,13,14). The van der Waals surface area contributed by atoms with Crippen LogP contribution in [0.3, 0.4) is 0 Å². The minimum atomic E-state index is -1.47. The molecule has 0 bridgehead atoms. The first kappa shape index (κ1) is 12.2. The minimum absolute atomic E-state index is 0.0830. The number of para-hydroxylation sites is 1. The summed E-state index contributed by atoms with van der Waals surface area (Å²) < 4.78 is 11.7. The van der Waals surface area contributed by atoms with Crippen molar-refractivity contribution in [3.8, 4) is 6.07 Å². The Morgan fingerprint density at radius 1 is 1.50 bits per heavy atom. The van der Waals surface area contributed by atoms with E-state index in [0.29, 0.717) is 10.6 Å². The maximum Gasteiger partial charge on any atom is 0.233 e. The van der Waals surface area contributed by atoms with E-state index in [9.17, 15) is 9.00 Å². The van der Waals surface area contributed by atoms with Gasteiger partial charge < -0.3 is 11.1 Å². The van der Waals surface area contributed by atoms with Crippen LogP contribution in [0.5, 0.6) is 0 Å². The summed E-state index contributed by atoms with van der Waals surface area (Å²) in [6, 6.07) is 8.44. The van der Waals surface area contributed by atoms with Crippen molar-refractivity contribution in [3.05, 3.63) is 24.3 Å². The molecule has 1 atom stereocenters. The van der Waals surface area contributed by atoms with Gasteiger partial charge in [0.1, 0.15) is 12.3 Å². The van der Waals surface area contributed by atoms with E-state index in [2.05, 4.69) is 5.32 Å². The molecule has 0 radical (unpaired) electrons. The monoisotopic (exact) mass is 237 g/mol. The van der Waals surface area contributed by atoms with Gasteiger partial charge in [-0.1, -0.05) is 12.1 Å². The van der Waals surface area contributed by atoms with Crippen molar-refractivity contribution in [3.63, 3.8) is 0 Å². The fraction of sp³-hybridized carbons (Fsp3) is 0.200. The summed E-state index contributed by atoms with van der Waals surface area (Å²) in [6.45, 7) is -0.0830. The quantitative estimate of drug-likeness (QED) is 0.569. The second-order valence-electron chi connectivity index (χ2n) is 2.96. The number of benzene rings is 1. The summed E-state index contributed by atoms with van der Waals surface area (Å²) in [7, 11) is -1.47. The first-order chi connectivity index (χ1) is 7.65. The summed E-state index contributed by atoms with van der Waals surface area (Å²) in [6.07, 6.45) is 0. The number of anilines is 1.